The van der Waals surface area contributed by atoms with E-state index in [9.17, 15) is 13.2 Å². The summed E-state index contributed by atoms with van der Waals surface area (Å²) < 4.78 is 38.6. The predicted molar refractivity (Wildman–Crippen MR) is 101 cm³/mol. The minimum Gasteiger partial charge on any atom is -0.393 e. The number of anilines is 4. The van der Waals surface area contributed by atoms with Gasteiger partial charge in [0.1, 0.15) is 12.0 Å². The molecule has 27 heavy (non-hydrogen) atoms. The molecule has 0 unspecified atom stereocenters. The van der Waals surface area contributed by atoms with Gasteiger partial charge in [-0.25, -0.2) is 9.97 Å². The van der Waals surface area contributed by atoms with Gasteiger partial charge in [0.25, 0.3) is 0 Å². The molecule has 3 rings (SSSR count). The molecule has 4 N–H and O–H groups in total. The molecule has 1 aromatic carbocycles. The number of nitrogens with zero attached hydrogens (tertiary/aromatic N) is 2. The summed E-state index contributed by atoms with van der Waals surface area (Å²) in [4.78, 5) is 8.18. The monoisotopic (exact) mass is 377 g/mol. The van der Waals surface area contributed by atoms with Crippen LogP contribution in [0.25, 0.3) is 0 Å². The second-order valence-corrected chi connectivity index (χ2v) is 6.47. The summed E-state index contributed by atoms with van der Waals surface area (Å²) in [7, 11) is 0. The van der Waals surface area contributed by atoms with Crippen molar-refractivity contribution in [3.8, 4) is 0 Å². The van der Waals surface area contributed by atoms with Crippen LogP contribution in [0.2, 0.25) is 0 Å². The second kappa shape index (κ2) is 8.28. The average molecular weight is 377 g/mol. The highest BCUT2D eigenvalue weighted by molar-refractivity contribution is 5.77. The first-order valence-corrected chi connectivity index (χ1v) is 8.90. The Balaban J connectivity index is 1.67. The van der Waals surface area contributed by atoms with E-state index in [1.807, 2.05) is 0 Å². The van der Waals surface area contributed by atoms with E-state index in [1.54, 1.807) is 0 Å². The van der Waals surface area contributed by atoms with Gasteiger partial charge in [-0.2, -0.15) is 13.2 Å². The lowest BCUT2D eigenvalue weighted by Crippen LogP contribution is -2.10. The Bertz CT molecular complexity index is 817. The summed E-state index contributed by atoms with van der Waals surface area (Å²) >= 11 is 0. The lowest BCUT2D eigenvalue weighted by molar-refractivity contribution is -0.137. The molecule has 1 heterocycles. The Morgan fingerprint density at radius 3 is 2.67 bits per heavy atom. The van der Waals surface area contributed by atoms with Crippen molar-refractivity contribution >= 4 is 23.0 Å². The van der Waals surface area contributed by atoms with Gasteiger partial charge in [-0.3, -0.25) is 0 Å². The lowest BCUT2D eigenvalue weighted by atomic mass is 9.97. The third-order valence-electron chi connectivity index (χ3n) is 4.46. The minimum atomic E-state index is -4.41. The number of halogens is 3. The van der Waals surface area contributed by atoms with E-state index in [0.717, 1.165) is 31.4 Å². The molecule has 8 heteroatoms. The quantitative estimate of drug-likeness (QED) is 0.609. The van der Waals surface area contributed by atoms with Crippen LogP contribution in [0.3, 0.4) is 0 Å². The number of alkyl halides is 3. The lowest BCUT2D eigenvalue weighted by Gasteiger charge is -2.15. The molecular formula is C19H22F3N5. The van der Waals surface area contributed by atoms with E-state index in [2.05, 4.69) is 26.7 Å². The second-order valence-electron chi connectivity index (χ2n) is 6.47. The van der Waals surface area contributed by atoms with Crippen LogP contribution in [-0.4, -0.2) is 16.5 Å². The first-order valence-electron chi connectivity index (χ1n) is 8.90. The molecule has 1 aromatic heterocycles. The fourth-order valence-corrected chi connectivity index (χ4v) is 3.02. The molecule has 1 aliphatic rings. The van der Waals surface area contributed by atoms with Crippen molar-refractivity contribution in [3.63, 3.8) is 0 Å². The summed E-state index contributed by atoms with van der Waals surface area (Å²) in [6.07, 6.45) is 4.87. The molecular weight excluding hydrogens is 355 g/mol. The van der Waals surface area contributed by atoms with Gasteiger partial charge in [0.15, 0.2) is 11.6 Å². The van der Waals surface area contributed by atoms with Crippen LogP contribution >= 0.6 is 0 Å². The Morgan fingerprint density at radius 1 is 1.11 bits per heavy atom. The van der Waals surface area contributed by atoms with Gasteiger partial charge in [-0.1, -0.05) is 17.7 Å². The van der Waals surface area contributed by atoms with E-state index < -0.39 is 11.7 Å². The zero-order valence-electron chi connectivity index (χ0n) is 14.8. The molecule has 0 aliphatic heterocycles. The number of benzene rings is 1. The molecule has 0 radical (unpaired) electrons. The van der Waals surface area contributed by atoms with Gasteiger partial charge in [0, 0.05) is 12.2 Å². The maximum Gasteiger partial charge on any atom is 0.416 e. The Labute approximate surface area is 155 Å². The van der Waals surface area contributed by atoms with Crippen molar-refractivity contribution in [2.45, 2.75) is 38.3 Å². The van der Waals surface area contributed by atoms with E-state index in [1.165, 1.54) is 36.9 Å². The SMILES string of the molecule is Nc1c(NCCC2=CCCCC2)ncnc1Nc1cccc(C(F)(F)F)c1. The first kappa shape index (κ1) is 19.0. The first-order chi connectivity index (χ1) is 12.9. The molecule has 0 saturated carbocycles. The molecule has 0 amide bonds. The highest BCUT2D eigenvalue weighted by Gasteiger charge is 2.30. The summed E-state index contributed by atoms with van der Waals surface area (Å²) in [5.41, 5.74) is 7.31. The zero-order chi connectivity index (χ0) is 19.3. The third kappa shape index (κ3) is 5.12. The molecule has 0 saturated heterocycles. The van der Waals surface area contributed by atoms with Crippen molar-refractivity contribution in [2.24, 2.45) is 0 Å². The van der Waals surface area contributed by atoms with Crippen molar-refractivity contribution in [3.05, 3.63) is 47.8 Å². The van der Waals surface area contributed by atoms with Crippen LogP contribution < -0.4 is 16.4 Å². The summed E-state index contributed by atoms with van der Waals surface area (Å²) in [6, 6.07) is 4.89. The van der Waals surface area contributed by atoms with Crippen molar-refractivity contribution < 1.29 is 13.2 Å². The number of allylic oxidation sites excluding steroid dienone is 1. The van der Waals surface area contributed by atoms with E-state index in [0.29, 0.717) is 12.4 Å². The number of aromatic nitrogens is 2. The maximum absolute atomic E-state index is 12.9. The normalized spacial score (nSPS) is 14.6. The smallest absolute Gasteiger partial charge is 0.393 e. The molecule has 0 fully saturated rings. The Morgan fingerprint density at radius 2 is 1.93 bits per heavy atom. The predicted octanol–water partition coefficient (Wildman–Crippen LogP) is 5.12. The van der Waals surface area contributed by atoms with Crippen LogP contribution in [0, 0.1) is 0 Å². The fourth-order valence-electron chi connectivity index (χ4n) is 3.02. The van der Waals surface area contributed by atoms with Gasteiger partial charge in [-0.15, -0.1) is 0 Å². The van der Waals surface area contributed by atoms with Crippen LogP contribution in [0.5, 0.6) is 0 Å². The molecule has 5 nitrogen and oxygen atoms in total. The Kier molecular flexibility index (Phi) is 5.83. The molecule has 144 valence electrons. The number of nitrogens with one attached hydrogen (secondary N) is 2. The average Bonchev–Trinajstić information content (AvgIpc) is 2.65. The zero-order valence-corrected chi connectivity index (χ0v) is 14.8. The Hall–Kier alpha value is -2.77. The van der Waals surface area contributed by atoms with Gasteiger partial charge >= 0.3 is 6.18 Å². The minimum absolute atomic E-state index is 0.258. The molecule has 1 aliphatic carbocycles. The maximum atomic E-state index is 12.9. The standard InChI is InChI=1S/C19H22F3N5/c20-19(21,22)14-7-4-8-15(11-14)27-18-16(23)17(25-12-26-18)24-10-9-13-5-2-1-3-6-13/h4-5,7-8,11-12H,1-3,6,9-10,23H2,(H2,24,25,26,27). The van der Waals surface area contributed by atoms with Crippen LogP contribution in [0.15, 0.2) is 42.2 Å². The number of nitrogen functional groups attached to an aromatic ring is 1. The van der Waals surface area contributed by atoms with Crippen molar-refractivity contribution in [2.75, 3.05) is 22.9 Å². The highest BCUT2D eigenvalue weighted by Crippen LogP contribution is 2.32. The molecule has 0 bridgehead atoms. The number of hydrogen-bond acceptors (Lipinski definition) is 5. The van der Waals surface area contributed by atoms with E-state index >= 15 is 0 Å². The fraction of sp³-hybridized carbons (Fsp3) is 0.368. The molecule has 0 spiro atoms. The van der Waals surface area contributed by atoms with Gasteiger partial charge in [0.2, 0.25) is 0 Å². The summed E-state index contributed by atoms with van der Waals surface area (Å²) in [5.74, 6) is 0.736. The highest BCUT2D eigenvalue weighted by atomic mass is 19.4. The van der Waals surface area contributed by atoms with E-state index in [-0.39, 0.29) is 17.2 Å². The largest absolute Gasteiger partial charge is 0.416 e. The van der Waals surface area contributed by atoms with Crippen LogP contribution in [0.4, 0.5) is 36.2 Å². The number of rotatable bonds is 6. The summed E-state index contributed by atoms with van der Waals surface area (Å²) in [6.45, 7) is 0.691. The van der Waals surface area contributed by atoms with Crippen LogP contribution in [-0.2, 0) is 6.18 Å². The van der Waals surface area contributed by atoms with Gasteiger partial charge in [-0.05, 0) is 50.3 Å². The number of nitrogens with two attached hydrogens (primary N) is 1. The number of hydrogen-bond donors (Lipinski definition) is 3. The molecule has 0 atom stereocenters. The summed E-state index contributed by atoms with van der Waals surface area (Å²) in [5, 5.41) is 6.02. The van der Waals surface area contributed by atoms with Gasteiger partial charge < -0.3 is 16.4 Å². The van der Waals surface area contributed by atoms with Crippen LogP contribution in [0.1, 0.15) is 37.7 Å². The van der Waals surface area contributed by atoms with Gasteiger partial charge in [0.05, 0.1) is 5.56 Å². The van der Waals surface area contributed by atoms with E-state index in [4.69, 9.17) is 5.73 Å². The third-order valence-corrected chi connectivity index (χ3v) is 4.46. The topological polar surface area (TPSA) is 75.9 Å². The molecule has 2 aromatic rings. The van der Waals surface area contributed by atoms with Crippen molar-refractivity contribution in [1.82, 2.24) is 9.97 Å². The van der Waals surface area contributed by atoms with Crippen molar-refractivity contribution in [1.29, 1.82) is 0 Å².